The third-order valence-electron chi connectivity index (χ3n) is 1.77. The SMILES string of the molecule is COC(=O)CNc1cc(C)ccc1Br. The molecule has 4 heteroatoms. The first-order chi connectivity index (χ1) is 6.63. The minimum absolute atomic E-state index is 0.179. The minimum Gasteiger partial charge on any atom is -0.468 e. The van der Waals surface area contributed by atoms with Crippen molar-refractivity contribution >= 4 is 27.6 Å². The van der Waals surface area contributed by atoms with Gasteiger partial charge in [0.1, 0.15) is 6.54 Å². The van der Waals surface area contributed by atoms with E-state index in [-0.39, 0.29) is 12.5 Å². The Balaban J connectivity index is 2.66. The van der Waals surface area contributed by atoms with Gasteiger partial charge in [-0.05, 0) is 40.5 Å². The van der Waals surface area contributed by atoms with Crippen molar-refractivity contribution in [2.75, 3.05) is 19.0 Å². The standard InChI is InChI=1S/C10H12BrNO2/c1-7-3-4-8(11)9(5-7)12-6-10(13)14-2/h3-5,12H,6H2,1-2H3. The third-order valence-corrected chi connectivity index (χ3v) is 2.46. The highest BCUT2D eigenvalue weighted by Gasteiger charge is 2.02. The fraction of sp³-hybridized carbons (Fsp3) is 0.300. The molecule has 0 fully saturated rings. The Labute approximate surface area is 91.6 Å². The second-order valence-corrected chi connectivity index (χ2v) is 3.77. The van der Waals surface area contributed by atoms with Crippen LogP contribution in [0.3, 0.4) is 0 Å². The molecule has 0 bridgehead atoms. The molecule has 0 saturated carbocycles. The van der Waals surface area contributed by atoms with E-state index in [9.17, 15) is 4.79 Å². The highest BCUT2D eigenvalue weighted by molar-refractivity contribution is 9.10. The quantitative estimate of drug-likeness (QED) is 0.845. The summed E-state index contributed by atoms with van der Waals surface area (Å²) in [6, 6.07) is 5.90. The van der Waals surface area contributed by atoms with Gasteiger partial charge >= 0.3 is 5.97 Å². The summed E-state index contributed by atoms with van der Waals surface area (Å²) in [6.45, 7) is 2.17. The predicted molar refractivity (Wildman–Crippen MR) is 59.4 cm³/mol. The Morgan fingerprint density at radius 3 is 2.93 bits per heavy atom. The number of rotatable bonds is 3. The molecule has 0 spiro atoms. The molecule has 1 rings (SSSR count). The topological polar surface area (TPSA) is 38.3 Å². The molecular weight excluding hydrogens is 246 g/mol. The summed E-state index contributed by atoms with van der Waals surface area (Å²) in [5.41, 5.74) is 2.04. The lowest BCUT2D eigenvalue weighted by molar-refractivity contribution is -0.138. The molecule has 76 valence electrons. The van der Waals surface area contributed by atoms with E-state index >= 15 is 0 Å². The molecular formula is C10H12BrNO2. The lowest BCUT2D eigenvalue weighted by Crippen LogP contribution is -2.15. The third kappa shape index (κ3) is 3.03. The molecule has 0 unspecified atom stereocenters. The molecule has 0 aliphatic heterocycles. The second kappa shape index (κ2) is 5.00. The average Bonchev–Trinajstić information content (AvgIpc) is 2.19. The van der Waals surface area contributed by atoms with Crippen LogP contribution in [-0.4, -0.2) is 19.6 Å². The summed E-state index contributed by atoms with van der Waals surface area (Å²) in [4.78, 5) is 10.9. The van der Waals surface area contributed by atoms with E-state index in [0.717, 1.165) is 15.7 Å². The van der Waals surface area contributed by atoms with Crippen LogP contribution in [0.2, 0.25) is 0 Å². The van der Waals surface area contributed by atoms with Crippen molar-refractivity contribution in [3.05, 3.63) is 28.2 Å². The zero-order valence-electron chi connectivity index (χ0n) is 8.13. The maximum atomic E-state index is 10.9. The maximum Gasteiger partial charge on any atom is 0.325 e. The molecule has 0 aliphatic rings. The Morgan fingerprint density at radius 1 is 1.57 bits per heavy atom. The summed E-state index contributed by atoms with van der Waals surface area (Å²) in [7, 11) is 1.37. The van der Waals surface area contributed by atoms with Crippen LogP contribution in [0.1, 0.15) is 5.56 Å². The summed E-state index contributed by atoms with van der Waals surface area (Å²) < 4.78 is 5.46. The number of nitrogens with one attached hydrogen (secondary N) is 1. The van der Waals surface area contributed by atoms with Crippen LogP contribution in [0.25, 0.3) is 0 Å². The zero-order valence-corrected chi connectivity index (χ0v) is 9.72. The Hall–Kier alpha value is -1.03. The molecule has 0 amide bonds. The van der Waals surface area contributed by atoms with Gasteiger partial charge < -0.3 is 10.1 Å². The zero-order chi connectivity index (χ0) is 10.6. The molecule has 1 N–H and O–H groups in total. The summed E-state index contributed by atoms with van der Waals surface area (Å²) >= 11 is 3.39. The number of hydrogen-bond acceptors (Lipinski definition) is 3. The highest BCUT2D eigenvalue weighted by Crippen LogP contribution is 2.22. The number of halogens is 1. The molecule has 0 atom stereocenters. The molecule has 1 aromatic rings. The number of carbonyl (C=O) groups excluding carboxylic acids is 1. The normalized spacial score (nSPS) is 9.64. The van der Waals surface area contributed by atoms with Crippen molar-refractivity contribution in [2.24, 2.45) is 0 Å². The van der Waals surface area contributed by atoms with E-state index in [0.29, 0.717) is 0 Å². The van der Waals surface area contributed by atoms with E-state index in [4.69, 9.17) is 0 Å². The molecule has 0 saturated heterocycles. The van der Waals surface area contributed by atoms with E-state index in [1.54, 1.807) is 0 Å². The van der Waals surface area contributed by atoms with Crippen LogP contribution in [0.4, 0.5) is 5.69 Å². The smallest absolute Gasteiger partial charge is 0.325 e. The first-order valence-electron chi connectivity index (χ1n) is 4.20. The number of aryl methyl sites for hydroxylation is 1. The second-order valence-electron chi connectivity index (χ2n) is 2.91. The molecule has 0 radical (unpaired) electrons. The van der Waals surface area contributed by atoms with E-state index < -0.39 is 0 Å². The Bertz CT molecular complexity index is 339. The fourth-order valence-corrected chi connectivity index (χ4v) is 1.40. The fourth-order valence-electron chi connectivity index (χ4n) is 1.01. The molecule has 0 heterocycles. The van der Waals surface area contributed by atoms with Gasteiger partial charge in [-0.2, -0.15) is 0 Å². The molecule has 1 aromatic carbocycles. The lowest BCUT2D eigenvalue weighted by atomic mass is 10.2. The summed E-state index contributed by atoms with van der Waals surface area (Å²) in [5, 5.41) is 2.98. The van der Waals surface area contributed by atoms with Gasteiger partial charge in [0.25, 0.3) is 0 Å². The van der Waals surface area contributed by atoms with Crippen molar-refractivity contribution < 1.29 is 9.53 Å². The minimum atomic E-state index is -0.279. The molecule has 3 nitrogen and oxygen atoms in total. The number of benzene rings is 1. The summed E-state index contributed by atoms with van der Waals surface area (Å²) in [5.74, 6) is -0.279. The first kappa shape index (κ1) is 11.0. The number of esters is 1. The van der Waals surface area contributed by atoms with E-state index in [1.165, 1.54) is 7.11 Å². The monoisotopic (exact) mass is 257 g/mol. The van der Waals surface area contributed by atoms with Gasteiger partial charge in [-0.1, -0.05) is 6.07 Å². The van der Waals surface area contributed by atoms with Crippen molar-refractivity contribution in [3.8, 4) is 0 Å². The maximum absolute atomic E-state index is 10.9. The molecule has 14 heavy (non-hydrogen) atoms. The van der Waals surface area contributed by atoms with Crippen LogP contribution in [0.15, 0.2) is 22.7 Å². The number of methoxy groups -OCH3 is 1. The van der Waals surface area contributed by atoms with Crippen molar-refractivity contribution in [1.82, 2.24) is 0 Å². The number of anilines is 1. The van der Waals surface area contributed by atoms with Crippen molar-refractivity contribution in [2.45, 2.75) is 6.92 Å². The van der Waals surface area contributed by atoms with Gasteiger partial charge in [-0.3, -0.25) is 4.79 Å². The predicted octanol–water partition coefficient (Wildman–Crippen LogP) is 2.34. The first-order valence-corrected chi connectivity index (χ1v) is 4.99. The average molecular weight is 258 g/mol. The number of carbonyl (C=O) groups is 1. The van der Waals surface area contributed by atoms with Gasteiger partial charge in [0.2, 0.25) is 0 Å². The van der Waals surface area contributed by atoms with Gasteiger partial charge in [-0.25, -0.2) is 0 Å². The van der Waals surface area contributed by atoms with Gasteiger partial charge in [0.05, 0.1) is 7.11 Å². The van der Waals surface area contributed by atoms with Crippen LogP contribution in [-0.2, 0) is 9.53 Å². The van der Waals surface area contributed by atoms with Crippen LogP contribution in [0, 0.1) is 6.92 Å². The van der Waals surface area contributed by atoms with Gasteiger partial charge in [-0.15, -0.1) is 0 Å². The van der Waals surface area contributed by atoms with E-state index in [1.807, 2.05) is 25.1 Å². The van der Waals surface area contributed by atoms with Crippen LogP contribution >= 0.6 is 15.9 Å². The number of hydrogen-bond donors (Lipinski definition) is 1. The van der Waals surface area contributed by atoms with Crippen molar-refractivity contribution in [3.63, 3.8) is 0 Å². The molecule has 0 aliphatic carbocycles. The van der Waals surface area contributed by atoms with Gasteiger partial charge in [0, 0.05) is 10.2 Å². The van der Waals surface area contributed by atoms with Crippen LogP contribution < -0.4 is 5.32 Å². The van der Waals surface area contributed by atoms with Crippen molar-refractivity contribution in [1.29, 1.82) is 0 Å². The Kier molecular flexibility index (Phi) is 3.95. The highest BCUT2D eigenvalue weighted by atomic mass is 79.9. The molecule has 0 aromatic heterocycles. The van der Waals surface area contributed by atoms with Gasteiger partial charge in [0.15, 0.2) is 0 Å². The van der Waals surface area contributed by atoms with Crippen LogP contribution in [0.5, 0.6) is 0 Å². The largest absolute Gasteiger partial charge is 0.468 e. The lowest BCUT2D eigenvalue weighted by Gasteiger charge is -2.07. The summed E-state index contributed by atoms with van der Waals surface area (Å²) in [6.07, 6.45) is 0. The Morgan fingerprint density at radius 2 is 2.29 bits per heavy atom. The van der Waals surface area contributed by atoms with E-state index in [2.05, 4.69) is 26.0 Å². The number of ether oxygens (including phenoxy) is 1.